The van der Waals surface area contributed by atoms with Crippen molar-refractivity contribution in [3.05, 3.63) is 23.9 Å². The SMILES string of the molecule is CCN(CCCN)c1ncccc1C(F)(F)F. The van der Waals surface area contributed by atoms with E-state index in [4.69, 9.17) is 5.73 Å². The second-order valence-electron chi connectivity index (χ2n) is 3.59. The van der Waals surface area contributed by atoms with Crippen molar-refractivity contribution < 1.29 is 13.2 Å². The molecule has 0 amide bonds. The third kappa shape index (κ3) is 3.59. The summed E-state index contributed by atoms with van der Waals surface area (Å²) in [6.45, 7) is 3.20. The van der Waals surface area contributed by atoms with Crippen molar-refractivity contribution in [2.24, 2.45) is 5.73 Å². The van der Waals surface area contributed by atoms with Crippen molar-refractivity contribution in [2.45, 2.75) is 19.5 Å². The Balaban J connectivity index is 3.02. The van der Waals surface area contributed by atoms with Crippen molar-refractivity contribution in [1.82, 2.24) is 4.98 Å². The quantitative estimate of drug-likeness (QED) is 0.868. The second-order valence-corrected chi connectivity index (χ2v) is 3.59. The molecule has 0 aromatic carbocycles. The monoisotopic (exact) mass is 247 g/mol. The summed E-state index contributed by atoms with van der Waals surface area (Å²) in [5.74, 6) is -0.0176. The topological polar surface area (TPSA) is 42.1 Å². The molecule has 0 fully saturated rings. The van der Waals surface area contributed by atoms with E-state index in [1.54, 1.807) is 11.8 Å². The maximum Gasteiger partial charge on any atom is 0.419 e. The lowest BCUT2D eigenvalue weighted by Gasteiger charge is -2.24. The van der Waals surface area contributed by atoms with Crippen molar-refractivity contribution in [1.29, 1.82) is 0 Å². The summed E-state index contributed by atoms with van der Waals surface area (Å²) in [5, 5.41) is 0. The van der Waals surface area contributed by atoms with E-state index in [-0.39, 0.29) is 5.82 Å². The molecule has 0 bridgehead atoms. The van der Waals surface area contributed by atoms with Crippen molar-refractivity contribution in [2.75, 3.05) is 24.5 Å². The molecule has 0 saturated heterocycles. The summed E-state index contributed by atoms with van der Waals surface area (Å²) in [7, 11) is 0. The van der Waals surface area contributed by atoms with E-state index in [0.717, 1.165) is 6.07 Å². The van der Waals surface area contributed by atoms with Crippen LogP contribution in [0.1, 0.15) is 18.9 Å². The number of alkyl halides is 3. The first-order valence-electron chi connectivity index (χ1n) is 5.48. The Bertz CT molecular complexity index is 352. The molecule has 2 N–H and O–H groups in total. The maximum atomic E-state index is 12.8. The standard InChI is InChI=1S/C11H16F3N3/c1-2-17(8-4-6-15)10-9(11(12,13)14)5-3-7-16-10/h3,5,7H,2,4,6,8,15H2,1H3. The molecule has 0 aliphatic rings. The molecule has 1 aromatic heterocycles. The fourth-order valence-electron chi connectivity index (χ4n) is 1.57. The third-order valence-electron chi connectivity index (χ3n) is 2.41. The van der Waals surface area contributed by atoms with Crippen LogP contribution in [0.3, 0.4) is 0 Å². The molecule has 6 heteroatoms. The lowest BCUT2D eigenvalue weighted by atomic mass is 10.2. The molecule has 0 radical (unpaired) electrons. The van der Waals surface area contributed by atoms with E-state index in [9.17, 15) is 13.2 Å². The molecular formula is C11H16F3N3. The van der Waals surface area contributed by atoms with E-state index in [0.29, 0.717) is 26.1 Å². The van der Waals surface area contributed by atoms with Crippen LogP contribution in [0.2, 0.25) is 0 Å². The Morgan fingerprint density at radius 2 is 2.12 bits per heavy atom. The minimum Gasteiger partial charge on any atom is -0.356 e. The zero-order valence-corrected chi connectivity index (χ0v) is 9.67. The maximum absolute atomic E-state index is 12.8. The number of nitrogens with zero attached hydrogens (tertiary/aromatic N) is 2. The molecule has 1 rings (SSSR count). The van der Waals surface area contributed by atoms with Gasteiger partial charge < -0.3 is 10.6 Å². The second kappa shape index (κ2) is 5.86. The van der Waals surface area contributed by atoms with Crippen LogP contribution < -0.4 is 10.6 Å². The normalized spacial score (nSPS) is 11.6. The molecule has 1 heterocycles. The zero-order valence-electron chi connectivity index (χ0n) is 9.67. The largest absolute Gasteiger partial charge is 0.419 e. The van der Waals surface area contributed by atoms with E-state index < -0.39 is 11.7 Å². The van der Waals surface area contributed by atoms with E-state index >= 15 is 0 Å². The summed E-state index contributed by atoms with van der Waals surface area (Å²) >= 11 is 0. The van der Waals surface area contributed by atoms with Gasteiger partial charge in [-0.25, -0.2) is 4.98 Å². The Morgan fingerprint density at radius 1 is 1.41 bits per heavy atom. The first-order chi connectivity index (χ1) is 8.00. The molecular weight excluding hydrogens is 231 g/mol. The van der Waals surface area contributed by atoms with Crippen LogP contribution in [-0.4, -0.2) is 24.6 Å². The fourth-order valence-corrected chi connectivity index (χ4v) is 1.57. The molecule has 1 aromatic rings. The van der Waals surface area contributed by atoms with Crippen LogP contribution in [0.15, 0.2) is 18.3 Å². The number of rotatable bonds is 5. The first kappa shape index (κ1) is 13.8. The number of hydrogen-bond donors (Lipinski definition) is 1. The highest BCUT2D eigenvalue weighted by Crippen LogP contribution is 2.34. The molecule has 96 valence electrons. The van der Waals surface area contributed by atoms with Gasteiger partial charge in [0.15, 0.2) is 0 Å². The van der Waals surface area contributed by atoms with E-state index in [1.807, 2.05) is 0 Å². The van der Waals surface area contributed by atoms with Gasteiger partial charge in [-0.2, -0.15) is 13.2 Å². The van der Waals surface area contributed by atoms with Gasteiger partial charge in [0.05, 0.1) is 5.56 Å². The van der Waals surface area contributed by atoms with Crippen LogP contribution in [0.4, 0.5) is 19.0 Å². The van der Waals surface area contributed by atoms with Crippen LogP contribution in [-0.2, 0) is 6.18 Å². The smallest absolute Gasteiger partial charge is 0.356 e. The lowest BCUT2D eigenvalue weighted by Crippen LogP contribution is -2.29. The average molecular weight is 247 g/mol. The number of halogens is 3. The molecule has 17 heavy (non-hydrogen) atoms. The molecule has 0 spiro atoms. The Morgan fingerprint density at radius 3 is 2.65 bits per heavy atom. The fraction of sp³-hybridized carbons (Fsp3) is 0.545. The number of anilines is 1. The number of aromatic nitrogens is 1. The molecule has 0 aliphatic heterocycles. The van der Waals surface area contributed by atoms with Gasteiger partial charge in [0.1, 0.15) is 5.82 Å². The minimum absolute atomic E-state index is 0.0176. The highest BCUT2D eigenvalue weighted by molar-refractivity contribution is 5.48. The molecule has 0 aliphatic carbocycles. The predicted octanol–water partition coefficient (Wildman–Crippen LogP) is 2.28. The number of nitrogens with two attached hydrogens (primary N) is 1. The average Bonchev–Trinajstić information content (AvgIpc) is 2.29. The highest BCUT2D eigenvalue weighted by Gasteiger charge is 2.35. The van der Waals surface area contributed by atoms with Crippen LogP contribution in [0, 0.1) is 0 Å². The van der Waals surface area contributed by atoms with Crippen molar-refractivity contribution in [3.8, 4) is 0 Å². The van der Waals surface area contributed by atoms with Crippen LogP contribution in [0.25, 0.3) is 0 Å². The Hall–Kier alpha value is -1.30. The van der Waals surface area contributed by atoms with Crippen molar-refractivity contribution in [3.63, 3.8) is 0 Å². The first-order valence-corrected chi connectivity index (χ1v) is 5.48. The van der Waals surface area contributed by atoms with Gasteiger partial charge in [-0.15, -0.1) is 0 Å². The zero-order chi connectivity index (χ0) is 12.9. The van der Waals surface area contributed by atoms with E-state index in [2.05, 4.69) is 4.98 Å². The van der Waals surface area contributed by atoms with Gasteiger partial charge >= 0.3 is 6.18 Å². The Kier molecular flexibility index (Phi) is 4.74. The predicted molar refractivity (Wildman–Crippen MR) is 60.8 cm³/mol. The molecule has 0 atom stereocenters. The third-order valence-corrected chi connectivity index (χ3v) is 2.41. The molecule has 0 unspecified atom stereocenters. The van der Waals surface area contributed by atoms with Crippen LogP contribution in [0.5, 0.6) is 0 Å². The van der Waals surface area contributed by atoms with Gasteiger partial charge in [0.25, 0.3) is 0 Å². The summed E-state index contributed by atoms with van der Waals surface area (Å²) < 4.78 is 38.3. The van der Waals surface area contributed by atoms with Gasteiger partial charge in [-0.3, -0.25) is 0 Å². The van der Waals surface area contributed by atoms with Crippen molar-refractivity contribution >= 4 is 5.82 Å². The Labute approximate surface area is 98.4 Å². The molecule has 3 nitrogen and oxygen atoms in total. The lowest BCUT2D eigenvalue weighted by molar-refractivity contribution is -0.137. The number of hydrogen-bond acceptors (Lipinski definition) is 3. The highest BCUT2D eigenvalue weighted by atomic mass is 19.4. The van der Waals surface area contributed by atoms with Crippen LogP contribution >= 0.6 is 0 Å². The van der Waals surface area contributed by atoms with Gasteiger partial charge in [-0.05, 0) is 32.0 Å². The summed E-state index contributed by atoms with van der Waals surface area (Å²) in [6, 6.07) is 2.34. The minimum atomic E-state index is -4.38. The van der Waals surface area contributed by atoms with Gasteiger partial charge in [0, 0.05) is 19.3 Å². The van der Waals surface area contributed by atoms with E-state index in [1.165, 1.54) is 12.3 Å². The van der Waals surface area contributed by atoms with Gasteiger partial charge in [0.2, 0.25) is 0 Å². The molecule has 0 saturated carbocycles. The number of pyridine rings is 1. The van der Waals surface area contributed by atoms with Gasteiger partial charge in [-0.1, -0.05) is 0 Å². The summed E-state index contributed by atoms with van der Waals surface area (Å²) in [4.78, 5) is 5.43. The summed E-state index contributed by atoms with van der Waals surface area (Å²) in [5.41, 5.74) is 4.67. The summed E-state index contributed by atoms with van der Waals surface area (Å²) in [6.07, 6.45) is -2.36.